The Morgan fingerprint density at radius 3 is 2.73 bits per heavy atom. The number of aromatic hydroxyl groups is 1. The predicted octanol–water partition coefficient (Wildman–Crippen LogP) is 2.78. The third-order valence-corrected chi connectivity index (χ3v) is 4.37. The lowest BCUT2D eigenvalue weighted by Crippen LogP contribution is -2.19. The zero-order valence-electron chi connectivity index (χ0n) is 12.8. The lowest BCUT2D eigenvalue weighted by Gasteiger charge is -2.09. The number of amides is 1. The maximum atomic E-state index is 12.8. The molecule has 0 aliphatic carbocycles. The van der Waals surface area contributed by atoms with E-state index in [9.17, 15) is 27.9 Å². The van der Waals surface area contributed by atoms with Gasteiger partial charge >= 0.3 is 12.1 Å². The van der Waals surface area contributed by atoms with Gasteiger partial charge in [-0.2, -0.15) is 18.3 Å². The molecule has 7 nitrogen and oxygen atoms in total. The van der Waals surface area contributed by atoms with Gasteiger partial charge in [-0.25, -0.2) is 4.79 Å². The summed E-state index contributed by atoms with van der Waals surface area (Å²) in [5.41, 5.74) is -1.21. The number of nitrogens with one attached hydrogen (secondary N) is 1. The summed E-state index contributed by atoms with van der Waals surface area (Å²) in [6.45, 7) is 0. The van der Waals surface area contributed by atoms with Crippen molar-refractivity contribution in [1.82, 2.24) is 5.32 Å². The smallest absolute Gasteiger partial charge is 0.416 e. The number of nitrogens with zero attached hydrogens (tertiary/aromatic N) is 2. The van der Waals surface area contributed by atoms with Crippen LogP contribution in [0.3, 0.4) is 0 Å². The van der Waals surface area contributed by atoms with Crippen LogP contribution in [0.2, 0.25) is 0 Å². The molecular weight excluding hydrogens is 443 g/mol. The second-order valence-corrected chi connectivity index (χ2v) is 6.52. The maximum Gasteiger partial charge on any atom is 0.416 e. The van der Waals surface area contributed by atoms with Crippen molar-refractivity contribution in [1.29, 1.82) is 0 Å². The van der Waals surface area contributed by atoms with Gasteiger partial charge in [0.15, 0.2) is 5.17 Å². The fourth-order valence-electron chi connectivity index (χ4n) is 1.67. The number of esters is 1. The van der Waals surface area contributed by atoms with Crippen LogP contribution in [0, 0.1) is 0 Å². The fraction of sp³-hybridized carbons (Fsp3) is 0.143. The maximum absolute atomic E-state index is 12.8. The fourth-order valence-corrected chi connectivity index (χ4v) is 2.88. The van der Waals surface area contributed by atoms with Crippen LogP contribution in [-0.2, 0) is 20.5 Å². The molecule has 2 rings (SSSR count). The molecule has 0 unspecified atom stereocenters. The summed E-state index contributed by atoms with van der Waals surface area (Å²) in [4.78, 5) is 22.8. The van der Waals surface area contributed by atoms with Crippen LogP contribution in [0.4, 0.5) is 13.2 Å². The van der Waals surface area contributed by atoms with Crippen molar-refractivity contribution in [2.75, 3.05) is 7.11 Å². The summed E-state index contributed by atoms with van der Waals surface area (Å²) in [6, 6.07) is 1.43. The minimum Gasteiger partial charge on any atom is -0.506 e. The average molecular weight is 452 g/mol. The van der Waals surface area contributed by atoms with E-state index in [2.05, 4.69) is 36.2 Å². The second-order valence-electron chi connectivity index (χ2n) is 4.63. The first-order chi connectivity index (χ1) is 12.1. The molecule has 138 valence electrons. The SMILES string of the molecule is COC(=O)/C=C1/S/C(=N\N=Cc2cc(C(F)(F)F)cc(Br)c2O)NC1=O. The van der Waals surface area contributed by atoms with Gasteiger partial charge in [-0.05, 0) is 39.8 Å². The van der Waals surface area contributed by atoms with Crippen LogP contribution in [-0.4, -0.2) is 35.5 Å². The molecule has 1 aromatic rings. The zero-order valence-corrected chi connectivity index (χ0v) is 15.2. The van der Waals surface area contributed by atoms with Crippen molar-refractivity contribution in [2.45, 2.75) is 6.18 Å². The van der Waals surface area contributed by atoms with Crippen LogP contribution < -0.4 is 5.32 Å². The van der Waals surface area contributed by atoms with Crippen LogP contribution in [0.15, 0.2) is 37.8 Å². The Labute approximate surface area is 157 Å². The number of phenols is 1. The Kier molecular flexibility index (Phi) is 6.08. The van der Waals surface area contributed by atoms with Gasteiger partial charge in [0.05, 0.1) is 28.3 Å². The van der Waals surface area contributed by atoms with Gasteiger partial charge in [-0.1, -0.05) is 0 Å². The first kappa shape index (κ1) is 20.0. The van der Waals surface area contributed by atoms with Gasteiger partial charge < -0.3 is 9.84 Å². The molecule has 2 N–H and O–H groups in total. The van der Waals surface area contributed by atoms with E-state index >= 15 is 0 Å². The number of ether oxygens (including phenoxy) is 1. The number of hydrogen-bond acceptors (Lipinski definition) is 7. The third kappa shape index (κ3) is 4.85. The number of halogens is 4. The molecule has 1 fully saturated rings. The van der Waals surface area contributed by atoms with Gasteiger partial charge in [0.1, 0.15) is 5.75 Å². The van der Waals surface area contributed by atoms with Crippen LogP contribution in [0.5, 0.6) is 5.75 Å². The molecular formula is C14H9BrF3N3O4S. The summed E-state index contributed by atoms with van der Waals surface area (Å²) in [6.07, 6.45) is -2.74. The van der Waals surface area contributed by atoms with Crippen molar-refractivity contribution in [3.63, 3.8) is 0 Å². The molecule has 0 bridgehead atoms. The van der Waals surface area contributed by atoms with E-state index in [1.165, 1.54) is 0 Å². The predicted molar refractivity (Wildman–Crippen MR) is 91.7 cm³/mol. The molecule has 1 saturated heterocycles. The number of hydrogen-bond donors (Lipinski definition) is 2. The molecule has 0 atom stereocenters. The summed E-state index contributed by atoms with van der Waals surface area (Å²) in [7, 11) is 1.15. The Bertz CT molecular complexity index is 853. The summed E-state index contributed by atoms with van der Waals surface area (Å²) >= 11 is 3.63. The van der Waals surface area contributed by atoms with Gasteiger partial charge in [-0.3, -0.25) is 10.1 Å². The van der Waals surface area contributed by atoms with Gasteiger partial charge in [0, 0.05) is 11.6 Å². The highest BCUT2D eigenvalue weighted by Crippen LogP contribution is 2.36. The van der Waals surface area contributed by atoms with Crippen molar-refractivity contribution >= 4 is 51.0 Å². The van der Waals surface area contributed by atoms with E-state index in [0.29, 0.717) is 6.07 Å². The van der Waals surface area contributed by atoms with Crippen LogP contribution >= 0.6 is 27.7 Å². The average Bonchev–Trinajstić information content (AvgIpc) is 2.89. The monoisotopic (exact) mass is 451 g/mol. The first-order valence-electron chi connectivity index (χ1n) is 6.61. The summed E-state index contributed by atoms with van der Waals surface area (Å²) in [5.74, 6) is -1.78. The highest BCUT2D eigenvalue weighted by Gasteiger charge is 2.32. The Balaban J connectivity index is 2.22. The number of amidine groups is 1. The molecule has 0 aromatic heterocycles. The van der Waals surface area contributed by atoms with Crippen molar-refractivity contribution in [3.8, 4) is 5.75 Å². The highest BCUT2D eigenvalue weighted by atomic mass is 79.9. The highest BCUT2D eigenvalue weighted by molar-refractivity contribution is 9.10. The summed E-state index contributed by atoms with van der Waals surface area (Å²) in [5, 5.41) is 19.3. The molecule has 1 aliphatic rings. The number of methoxy groups -OCH3 is 1. The number of phenolic OH excluding ortho intramolecular Hbond substituents is 1. The quantitative estimate of drug-likeness (QED) is 0.318. The standard InChI is InChI=1S/C14H9BrF3N3O4S/c1-25-10(22)4-9-12(24)20-13(26-9)21-19-5-6-2-7(14(16,17)18)3-8(15)11(6)23/h2-5,23H,1H3,(H,20,21,24)/b9-4+,19-5?. The molecule has 0 radical (unpaired) electrons. The lowest BCUT2D eigenvalue weighted by molar-refractivity contribution is -0.137. The van der Waals surface area contributed by atoms with Gasteiger partial charge in [0.2, 0.25) is 0 Å². The minimum atomic E-state index is -4.60. The molecule has 0 saturated carbocycles. The van der Waals surface area contributed by atoms with E-state index in [1.54, 1.807) is 0 Å². The molecule has 1 aliphatic heterocycles. The topological polar surface area (TPSA) is 100 Å². The second kappa shape index (κ2) is 7.91. The van der Waals surface area contributed by atoms with Gasteiger partial charge in [0.25, 0.3) is 5.91 Å². The van der Waals surface area contributed by atoms with E-state index in [0.717, 1.165) is 37.2 Å². The van der Waals surface area contributed by atoms with Crippen LogP contribution in [0.25, 0.3) is 0 Å². The number of benzene rings is 1. The molecule has 26 heavy (non-hydrogen) atoms. The third-order valence-electron chi connectivity index (χ3n) is 2.87. The van der Waals surface area contributed by atoms with E-state index in [4.69, 9.17) is 0 Å². The molecule has 12 heteroatoms. The number of carbonyl (C=O) groups is 2. The molecule has 1 aromatic carbocycles. The first-order valence-corrected chi connectivity index (χ1v) is 8.22. The molecule has 1 amide bonds. The number of thioether (sulfide) groups is 1. The van der Waals surface area contributed by atoms with Crippen molar-refractivity contribution in [2.24, 2.45) is 10.2 Å². The minimum absolute atomic E-state index is 0.00642. The largest absolute Gasteiger partial charge is 0.506 e. The van der Waals surface area contributed by atoms with Gasteiger partial charge in [-0.15, -0.1) is 5.10 Å². The van der Waals surface area contributed by atoms with Crippen LogP contribution in [0.1, 0.15) is 11.1 Å². The molecule has 0 spiro atoms. The Morgan fingerprint density at radius 2 is 2.12 bits per heavy atom. The number of carbonyl (C=O) groups excluding carboxylic acids is 2. The lowest BCUT2D eigenvalue weighted by atomic mass is 10.1. The molecule has 1 heterocycles. The number of alkyl halides is 3. The normalized spacial score (nSPS) is 18.0. The Morgan fingerprint density at radius 1 is 1.42 bits per heavy atom. The summed E-state index contributed by atoms with van der Waals surface area (Å²) < 4.78 is 42.6. The van der Waals surface area contributed by atoms with Crippen molar-refractivity contribution < 1.29 is 32.6 Å². The Hall–Kier alpha value is -2.34. The van der Waals surface area contributed by atoms with E-state index in [1.807, 2.05) is 0 Å². The van der Waals surface area contributed by atoms with Crippen molar-refractivity contribution in [3.05, 3.63) is 38.7 Å². The number of rotatable bonds is 3. The zero-order chi connectivity index (χ0) is 19.5. The van der Waals surface area contributed by atoms with E-state index in [-0.39, 0.29) is 20.1 Å². The van der Waals surface area contributed by atoms with E-state index < -0.39 is 29.4 Å².